The van der Waals surface area contributed by atoms with Crippen LogP contribution in [0.3, 0.4) is 0 Å². The molecule has 3 rings (SSSR count). The molecule has 2 aliphatic rings. The first-order valence-corrected chi connectivity index (χ1v) is 8.32. The number of nitrogens with one attached hydrogen (secondary N) is 1. The van der Waals surface area contributed by atoms with Gasteiger partial charge in [0.15, 0.2) is 0 Å². The molecule has 4 heteroatoms. The van der Waals surface area contributed by atoms with Gasteiger partial charge in [0.1, 0.15) is 5.75 Å². The van der Waals surface area contributed by atoms with E-state index < -0.39 is 0 Å². The largest absolute Gasteiger partial charge is 0.508 e. The molecule has 0 amide bonds. The van der Waals surface area contributed by atoms with Crippen LogP contribution in [-0.4, -0.2) is 36.2 Å². The van der Waals surface area contributed by atoms with Crippen molar-refractivity contribution in [1.82, 2.24) is 10.2 Å². The Bertz CT molecular complexity index is 508. The Morgan fingerprint density at radius 3 is 2.55 bits per heavy atom. The van der Waals surface area contributed by atoms with Crippen LogP contribution in [0, 0.1) is 19.8 Å². The van der Waals surface area contributed by atoms with Crippen molar-refractivity contribution in [3.05, 3.63) is 27.2 Å². The monoisotopic (exact) mass is 338 g/mol. The number of hydrogen-bond acceptors (Lipinski definition) is 3. The van der Waals surface area contributed by atoms with Crippen LogP contribution in [0.1, 0.15) is 35.6 Å². The summed E-state index contributed by atoms with van der Waals surface area (Å²) in [7, 11) is 0. The minimum atomic E-state index is 0.383. The van der Waals surface area contributed by atoms with Crippen molar-refractivity contribution < 1.29 is 5.11 Å². The number of hydrogen-bond donors (Lipinski definition) is 2. The van der Waals surface area contributed by atoms with Gasteiger partial charge in [0, 0.05) is 42.3 Å². The lowest BCUT2D eigenvalue weighted by atomic mass is 9.93. The molecule has 3 nitrogen and oxygen atoms in total. The maximum Gasteiger partial charge on any atom is 0.120 e. The van der Waals surface area contributed by atoms with Gasteiger partial charge in [0.2, 0.25) is 0 Å². The summed E-state index contributed by atoms with van der Waals surface area (Å²) < 4.78 is 1.14. The molecule has 1 aliphatic carbocycles. The van der Waals surface area contributed by atoms with E-state index in [2.05, 4.69) is 33.1 Å². The highest BCUT2D eigenvalue weighted by Crippen LogP contribution is 2.49. The molecule has 1 atom stereocenters. The SMILES string of the molecule is Cc1cc(O)c([C@H](C2CC2)N2CCNCC2)c(C)c1Br. The lowest BCUT2D eigenvalue weighted by molar-refractivity contribution is 0.153. The van der Waals surface area contributed by atoms with Gasteiger partial charge in [0.05, 0.1) is 0 Å². The molecular formula is C16H23BrN2O. The molecule has 2 N–H and O–H groups in total. The summed E-state index contributed by atoms with van der Waals surface area (Å²) in [6.45, 7) is 8.42. The van der Waals surface area contributed by atoms with Crippen molar-refractivity contribution in [2.45, 2.75) is 32.7 Å². The summed E-state index contributed by atoms with van der Waals surface area (Å²) in [6, 6.07) is 2.29. The molecule has 2 fully saturated rings. The number of phenols is 1. The average Bonchev–Trinajstić information content (AvgIpc) is 3.26. The standard InChI is InChI=1S/C16H23BrN2O/c1-10-9-13(20)14(11(2)15(10)17)16(12-3-4-12)19-7-5-18-6-8-19/h9,12,16,18,20H,3-8H2,1-2H3/t16-/m0/s1. The van der Waals surface area contributed by atoms with Crippen LogP contribution >= 0.6 is 15.9 Å². The number of halogens is 1. The van der Waals surface area contributed by atoms with Crippen molar-refractivity contribution >= 4 is 15.9 Å². The van der Waals surface area contributed by atoms with Gasteiger partial charge in [-0.1, -0.05) is 15.9 Å². The Kier molecular flexibility index (Phi) is 4.07. The third-order valence-electron chi connectivity index (χ3n) is 4.62. The molecule has 1 aromatic rings. The highest BCUT2D eigenvalue weighted by Gasteiger charge is 2.39. The van der Waals surface area contributed by atoms with Gasteiger partial charge < -0.3 is 10.4 Å². The summed E-state index contributed by atoms with van der Waals surface area (Å²) in [5, 5.41) is 13.9. The summed E-state index contributed by atoms with van der Waals surface area (Å²) in [5.41, 5.74) is 3.46. The fraction of sp³-hybridized carbons (Fsp3) is 0.625. The average molecular weight is 339 g/mol. The summed E-state index contributed by atoms with van der Waals surface area (Å²) in [6.07, 6.45) is 2.58. The topological polar surface area (TPSA) is 35.5 Å². The van der Waals surface area contributed by atoms with Crippen LogP contribution in [0.15, 0.2) is 10.5 Å². The second-order valence-electron chi connectivity index (χ2n) is 6.13. The predicted octanol–water partition coefficient (Wildman–Crippen LogP) is 3.13. The number of phenolic OH excluding ortho intramolecular Hbond substituents is 1. The van der Waals surface area contributed by atoms with Crippen molar-refractivity contribution in [1.29, 1.82) is 0 Å². The first kappa shape index (κ1) is 14.4. The molecule has 1 aliphatic heterocycles. The van der Waals surface area contributed by atoms with Crippen LogP contribution in [-0.2, 0) is 0 Å². The Morgan fingerprint density at radius 2 is 1.95 bits per heavy atom. The minimum Gasteiger partial charge on any atom is -0.508 e. The summed E-state index contributed by atoms with van der Waals surface area (Å²) in [4.78, 5) is 2.55. The van der Waals surface area contributed by atoms with Gasteiger partial charge in [-0.2, -0.15) is 0 Å². The molecule has 0 radical (unpaired) electrons. The Hall–Kier alpha value is -0.580. The van der Waals surface area contributed by atoms with Gasteiger partial charge in [-0.15, -0.1) is 0 Å². The Balaban J connectivity index is 2.01. The van der Waals surface area contributed by atoms with Crippen molar-refractivity contribution in [3.63, 3.8) is 0 Å². The number of piperazine rings is 1. The molecule has 0 bridgehead atoms. The zero-order chi connectivity index (χ0) is 14.3. The second kappa shape index (κ2) is 5.66. The van der Waals surface area contributed by atoms with E-state index in [1.54, 1.807) is 0 Å². The Morgan fingerprint density at radius 1 is 1.30 bits per heavy atom. The fourth-order valence-electron chi connectivity index (χ4n) is 3.41. The quantitative estimate of drug-likeness (QED) is 0.888. The van der Waals surface area contributed by atoms with E-state index in [4.69, 9.17) is 0 Å². The maximum atomic E-state index is 10.5. The molecule has 110 valence electrons. The number of benzene rings is 1. The molecule has 1 saturated heterocycles. The normalized spacial score (nSPS) is 21.9. The lowest BCUT2D eigenvalue weighted by Crippen LogP contribution is -2.45. The van der Waals surface area contributed by atoms with E-state index >= 15 is 0 Å². The fourth-order valence-corrected chi connectivity index (χ4v) is 3.74. The van der Waals surface area contributed by atoms with Gasteiger partial charge in [-0.05, 0) is 49.8 Å². The van der Waals surface area contributed by atoms with Gasteiger partial charge in [0.25, 0.3) is 0 Å². The first-order valence-electron chi connectivity index (χ1n) is 7.53. The molecule has 1 heterocycles. The number of aromatic hydroxyl groups is 1. The third-order valence-corrected chi connectivity index (χ3v) is 5.84. The van der Waals surface area contributed by atoms with E-state index in [9.17, 15) is 5.11 Å². The molecule has 0 unspecified atom stereocenters. The van der Waals surface area contributed by atoms with E-state index in [0.717, 1.165) is 41.8 Å². The lowest BCUT2D eigenvalue weighted by Gasteiger charge is -2.36. The molecule has 20 heavy (non-hydrogen) atoms. The maximum absolute atomic E-state index is 10.5. The number of nitrogens with zero attached hydrogens (tertiary/aromatic N) is 1. The molecule has 0 spiro atoms. The smallest absolute Gasteiger partial charge is 0.120 e. The van der Waals surface area contributed by atoms with E-state index in [-0.39, 0.29) is 0 Å². The van der Waals surface area contributed by atoms with Crippen LogP contribution in [0.25, 0.3) is 0 Å². The van der Waals surface area contributed by atoms with Crippen molar-refractivity contribution in [2.75, 3.05) is 26.2 Å². The number of rotatable bonds is 3. The highest BCUT2D eigenvalue weighted by atomic mass is 79.9. The van der Waals surface area contributed by atoms with Crippen LogP contribution in [0.4, 0.5) is 0 Å². The predicted molar refractivity (Wildman–Crippen MR) is 85.2 cm³/mol. The van der Waals surface area contributed by atoms with Gasteiger partial charge in [-0.25, -0.2) is 0 Å². The zero-order valence-corrected chi connectivity index (χ0v) is 13.8. The first-order chi connectivity index (χ1) is 9.59. The Labute approximate surface area is 129 Å². The van der Waals surface area contributed by atoms with Crippen molar-refractivity contribution in [2.24, 2.45) is 5.92 Å². The molecular weight excluding hydrogens is 316 g/mol. The van der Waals surface area contributed by atoms with Crippen LogP contribution in [0.2, 0.25) is 0 Å². The van der Waals surface area contributed by atoms with Crippen molar-refractivity contribution in [3.8, 4) is 5.75 Å². The van der Waals surface area contributed by atoms with Gasteiger partial charge >= 0.3 is 0 Å². The van der Waals surface area contributed by atoms with E-state index in [0.29, 0.717) is 17.7 Å². The summed E-state index contributed by atoms with van der Waals surface area (Å²) >= 11 is 3.68. The zero-order valence-electron chi connectivity index (χ0n) is 12.2. The van der Waals surface area contributed by atoms with Crippen LogP contribution in [0.5, 0.6) is 5.75 Å². The highest BCUT2D eigenvalue weighted by molar-refractivity contribution is 9.10. The molecule has 0 aromatic heterocycles. The summed E-state index contributed by atoms with van der Waals surface area (Å²) in [5.74, 6) is 1.19. The van der Waals surface area contributed by atoms with Gasteiger partial charge in [-0.3, -0.25) is 4.90 Å². The van der Waals surface area contributed by atoms with E-state index in [1.807, 2.05) is 13.0 Å². The van der Waals surface area contributed by atoms with E-state index in [1.165, 1.54) is 18.4 Å². The molecule has 1 saturated carbocycles. The third kappa shape index (κ3) is 2.61. The minimum absolute atomic E-state index is 0.383. The van der Waals surface area contributed by atoms with Crippen LogP contribution < -0.4 is 5.32 Å². The molecule has 1 aromatic carbocycles. The second-order valence-corrected chi connectivity index (χ2v) is 6.93. The number of aryl methyl sites for hydroxylation is 1.